The van der Waals surface area contributed by atoms with Gasteiger partial charge in [0, 0.05) is 19.8 Å². The summed E-state index contributed by atoms with van der Waals surface area (Å²) in [4.78, 5) is 11.7. The molecule has 2 amide bonds. The predicted molar refractivity (Wildman–Crippen MR) is 78.5 cm³/mol. The van der Waals surface area contributed by atoms with Gasteiger partial charge in [-0.15, -0.1) is 0 Å². The zero-order valence-electron chi connectivity index (χ0n) is 12.3. The first-order valence-electron chi connectivity index (χ1n) is 6.77. The fourth-order valence-corrected chi connectivity index (χ4v) is 1.79. The number of aliphatic hydroxyl groups is 1. The van der Waals surface area contributed by atoms with Crippen LogP contribution in [0.1, 0.15) is 25.8 Å². The maximum Gasteiger partial charge on any atom is 0.315 e. The molecule has 2 atom stereocenters. The average molecular weight is 280 g/mol. The van der Waals surface area contributed by atoms with Gasteiger partial charge in [-0.05, 0) is 25.8 Å². The largest absolute Gasteiger partial charge is 0.385 e. The van der Waals surface area contributed by atoms with Gasteiger partial charge in [0.15, 0.2) is 0 Å². The van der Waals surface area contributed by atoms with E-state index < -0.39 is 5.60 Å². The fourth-order valence-electron chi connectivity index (χ4n) is 1.79. The first kappa shape index (κ1) is 16.5. The van der Waals surface area contributed by atoms with Gasteiger partial charge >= 0.3 is 6.03 Å². The second-order valence-electron chi connectivity index (χ2n) is 5.15. The van der Waals surface area contributed by atoms with E-state index in [2.05, 4.69) is 10.6 Å². The summed E-state index contributed by atoms with van der Waals surface area (Å²) in [5.41, 5.74) is -0.318. The van der Waals surface area contributed by atoms with E-state index in [1.165, 1.54) is 0 Å². The number of hydrogen-bond donors (Lipinski definition) is 3. The van der Waals surface area contributed by atoms with Crippen LogP contribution in [-0.4, -0.2) is 37.4 Å². The topological polar surface area (TPSA) is 70.6 Å². The van der Waals surface area contributed by atoms with Crippen molar-refractivity contribution in [3.8, 4) is 0 Å². The van der Waals surface area contributed by atoms with Crippen molar-refractivity contribution >= 4 is 6.03 Å². The summed E-state index contributed by atoms with van der Waals surface area (Å²) in [6.45, 7) is 4.34. The lowest BCUT2D eigenvalue weighted by Crippen LogP contribution is -2.46. The van der Waals surface area contributed by atoms with E-state index in [1.807, 2.05) is 37.3 Å². The minimum absolute atomic E-state index is 0.0247. The van der Waals surface area contributed by atoms with Crippen LogP contribution in [0, 0.1) is 0 Å². The molecule has 0 aromatic heterocycles. The van der Waals surface area contributed by atoms with Gasteiger partial charge in [0.05, 0.1) is 6.54 Å². The van der Waals surface area contributed by atoms with Crippen LogP contribution in [0.4, 0.5) is 4.79 Å². The summed E-state index contributed by atoms with van der Waals surface area (Å²) in [6.07, 6.45) is 0.749. The maximum atomic E-state index is 11.7. The number of hydrogen-bond acceptors (Lipinski definition) is 3. The third-order valence-corrected chi connectivity index (χ3v) is 3.12. The molecule has 1 aromatic rings. The molecule has 0 saturated carbocycles. The number of carbonyl (C=O) groups is 1. The van der Waals surface area contributed by atoms with Crippen LogP contribution in [0.2, 0.25) is 0 Å². The minimum Gasteiger partial charge on any atom is -0.385 e. The molecule has 0 aliphatic rings. The van der Waals surface area contributed by atoms with Gasteiger partial charge in [-0.1, -0.05) is 30.3 Å². The Labute approximate surface area is 120 Å². The molecule has 112 valence electrons. The molecule has 5 heteroatoms. The molecule has 0 saturated heterocycles. The van der Waals surface area contributed by atoms with Crippen molar-refractivity contribution < 1.29 is 14.6 Å². The first-order valence-corrected chi connectivity index (χ1v) is 6.77. The Morgan fingerprint density at radius 1 is 1.40 bits per heavy atom. The zero-order chi connectivity index (χ0) is 15.0. The lowest BCUT2D eigenvalue weighted by atomic mass is 9.96. The van der Waals surface area contributed by atoms with E-state index in [0.717, 1.165) is 12.0 Å². The van der Waals surface area contributed by atoms with Crippen molar-refractivity contribution in [2.75, 3.05) is 20.3 Å². The van der Waals surface area contributed by atoms with Crippen molar-refractivity contribution in [3.05, 3.63) is 35.9 Å². The van der Waals surface area contributed by atoms with E-state index in [-0.39, 0.29) is 18.6 Å². The summed E-state index contributed by atoms with van der Waals surface area (Å²) >= 11 is 0. The Balaban J connectivity index is 2.40. The molecular formula is C15H24N2O3. The number of amides is 2. The number of ether oxygens (including phenoxy) is 1. The van der Waals surface area contributed by atoms with Gasteiger partial charge in [-0.25, -0.2) is 4.79 Å². The highest BCUT2D eigenvalue weighted by atomic mass is 16.5. The molecule has 1 rings (SSSR count). The SMILES string of the molecule is COCC[C@H](C)NC(=O)NC[C@@](C)(O)c1ccccc1. The number of carbonyl (C=O) groups excluding carboxylic acids is 1. The molecule has 0 aliphatic carbocycles. The highest BCUT2D eigenvalue weighted by Gasteiger charge is 2.23. The van der Waals surface area contributed by atoms with E-state index in [9.17, 15) is 9.90 Å². The van der Waals surface area contributed by atoms with Crippen molar-refractivity contribution in [3.63, 3.8) is 0 Å². The van der Waals surface area contributed by atoms with Crippen molar-refractivity contribution in [1.29, 1.82) is 0 Å². The quantitative estimate of drug-likeness (QED) is 0.711. The van der Waals surface area contributed by atoms with Gasteiger partial charge < -0.3 is 20.5 Å². The molecule has 1 aromatic carbocycles. The Morgan fingerprint density at radius 2 is 2.05 bits per heavy atom. The van der Waals surface area contributed by atoms with Crippen molar-refractivity contribution in [2.45, 2.75) is 31.9 Å². The highest BCUT2D eigenvalue weighted by Crippen LogP contribution is 2.18. The number of benzene rings is 1. The molecule has 0 aliphatic heterocycles. The highest BCUT2D eigenvalue weighted by molar-refractivity contribution is 5.74. The third-order valence-electron chi connectivity index (χ3n) is 3.12. The smallest absolute Gasteiger partial charge is 0.315 e. The lowest BCUT2D eigenvalue weighted by molar-refractivity contribution is 0.0592. The van der Waals surface area contributed by atoms with Gasteiger partial charge in [-0.3, -0.25) is 0 Å². The van der Waals surface area contributed by atoms with Crippen LogP contribution in [0.15, 0.2) is 30.3 Å². The lowest BCUT2D eigenvalue weighted by Gasteiger charge is -2.25. The van der Waals surface area contributed by atoms with Gasteiger partial charge in [0.2, 0.25) is 0 Å². The molecule has 5 nitrogen and oxygen atoms in total. The van der Waals surface area contributed by atoms with Gasteiger partial charge in [0.25, 0.3) is 0 Å². The van der Waals surface area contributed by atoms with Gasteiger partial charge in [-0.2, -0.15) is 0 Å². The van der Waals surface area contributed by atoms with Crippen LogP contribution in [0.3, 0.4) is 0 Å². The molecule has 20 heavy (non-hydrogen) atoms. The third kappa shape index (κ3) is 5.59. The Bertz CT molecular complexity index is 407. The summed E-state index contributed by atoms with van der Waals surface area (Å²) in [5.74, 6) is 0. The molecule has 0 radical (unpaired) electrons. The van der Waals surface area contributed by atoms with Crippen LogP contribution in [-0.2, 0) is 10.3 Å². The minimum atomic E-state index is -1.09. The molecular weight excluding hydrogens is 256 g/mol. The number of rotatable bonds is 7. The summed E-state index contributed by atoms with van der Waals surface area (Å²) in [6, 6.07) is 9.01. The Morgan fingerprint density at radius 3 is 2.65 bits per heavy atom. The molecule has 0 unspecified atom stereocenters. The van der Waals surface area contributed by atoms with Gasteiger partial charge in [0.1, 0.15) is 5.60 Å². The standard InChI is InChI=1S/C15H24N2O3/c1-12(9-10-20-3)17-14(18)16-11-15(2,19)13-7-5-4-6-8-13/h4-8,12,19H,9-11H2,1-3H3,(H2,16,17,18)/t12-,15+/m0/s1. The molecule has 3 N–H and O–H groups in total. The number of urea groups is 1. The van der Waals surface area contributed by atoms with E-state index in [0.29, 0.717) is 6.61 Å². The summed E-state index contributed by atoms with van der Waals surface area (Å²) in [7, 11) is 1.63. The first-order chi connectivity index (χ1) is 9.45. The number of nitrogens with one attached hydrogen (secondary N) is 2. The van der Waals surface area contributed by atoms with Crippen LogP contribution < -0.4 is 10.6 Å². The molecule has 0 spiro atoms. The molecule has 0 heterocycles. The van der Waals surface area contributed by atoms with Crippen LogP contribution in [0.25, 0.3) is 0 Å². The molecule has 0 bridgehead atoms. The van der Waals surface area contributed by atoms with Crippen LogP contribution >= 0.6 is 0 Å². The molecule has 0 fully saturated rings. The van der Waals surface area contributed by atoms with E-state index in [4.69, 9.17) is 4.74 Å². The second kappa shape index (κ2) is 7.87. The summed E-state index contributed by atoms with van der Waals surface area (Å²) in [5, 5.41) is 15.8. The Kier molecular flexibility index (Phi) is 6.48. The average Bonchev–Trinajstić information content (AvgIpc) is 2.44. The normalized spacial score (nSPS) is 15.2. The number of methoxy groups -OCH3 is 1. The summed E-state index contributed by atoms with van der Waals surface area (Å²) < 4.78 is 4.95. The van der Waals surface area contributed by atoms with E-state index >= 15 is 0 Å². The maximum absolute atomic E-state index is 11.7. The van der Waals surface area contributed by atoms with E-state index in [1.54, 1.807) is 14.0 Å². The Hall–Kier alpha value is -1.59. The second-order valence-corrected chi connectivity index (χ2v) is 5.15. The predicted octanol–water partition coefficient (Wildman–Crippen LogP) is 1.62. The zero-order valence-corrected chi connectivity index (χ0v) is 12.3. The fraction of sp³-hybridized carbons (Fsp3) is 0.533. The van der Waals surface area contributed by atoms with Crippen LogP contribution in [0.5, 0.6) is 0 Å². The monoisotopic (exact) mass is 280 g/mol. The van der Waals surface area contributed by atoms with Crippen molar-refractivity contribution in [1.82, 2.24) is 10.6 Å². The van der Waals surface area contributed by atoms with Crippen molar-refractivity contribution in [2.24, 2.45) is 0 Å².